The van der Waals surface area contributed by atoms with Crippen molar-refractivity contribution in [1.29, 1.82) is 0 Å². The summed E-state index contributed by atoms with van der Waals surface area (Å²) < 4.78 is 0. The van der Waals surface area contributed by atoms with Crippen LogP contribution in [0.3, 0.4) is 0 Å². The monoisotopic (exact) mass is 420 g/mol. The summed E-state index contributed by atoms with van der Waals surface area (Å²) in [4.78, 5) is 43.9. The third-order valence-corrected chi connectivity index (χ3v) is 5.92. The van der Waals surface area contributed by atoms with Gasteiger partial charge in [-0.15, -0.1) is 0 Å². The van der Waals surface area contributed by atoms with Crippen LogP contribution >= 0.6 is 0 Å². The van der Waals surface area contributed by atoms with Gasteiger partial charge in [-0.2, -0.15) is 0 Å². The number of aryl methyl sites for hydroxylation is 1. The van der Waals surface area contributed by atoms with E-state index in [0.717, 1.165) is 37.1 Å². The van der Waals surface area contributed by atoms with Crippen LogP contribution in [0.2, 0.25) is 0 Å². The van der Waals surface area contributed by atoms with Crippen molar-refractivity contribution >= 4 is 34.8 Å². The number of carbonyl (C=O) groups excluding carboxylic acids is 3. The summed E-state index contributed by atoms with van der Waals surface area (Å²) in [7, 11) is 3.39. The third-order valence-electron chi connectivity index (χ3n) is 5.92. The minimum atomic E-state index is -0.267. The number of benzene rings is 2. The molecule has 7 heteroatoms. The Morgan fingerprint density at radius 3 is 2.52 bits per heavy atom. The first-order valence-electron chi connectivity index (χ1n) is 10.7. The lowest BCUT2D eigenvalue weighted by Crippen LogP contribution is -2.56. The van der Waals surface area contributed by atoms with Crippen molar-refractivity contribution in [3.05, 3.63) is 53.6 Å². The Morgan fingerprint density at radius 2 is 1.81 bits per heavy atom. The van der Waals surface area contributed by atoms with E-state index in [1.54, 1.807) is 26.2 Å². The number of fused-ring (bicyclic) bond motifs is 3. The average Bonchev–Trinajstić information content (AvgIpc) is 2.77. The lowest BCUT2D eigenvalue weighted by atomic mass is 9.95. The van der Waals surface area contributed by atoms with E-state index in [2.05, 4.69) is 10.2 Å². The highest BCUT2D eigenvalue weighted by molar-refractivity contribution is 6.11. The molecule has 2 aromatic rings. The van der Waals surface area contributed by atoms with E-state index < -0.39 is 0 Å². The molecule has 2 aliphatic rings. The molecule has 0 aliphatic carbocycles. The Hall–Kier alpha value is -3.35. The van der Waals surface area contributed by atoms with Crippen LogP contribution in [0.4, 0.5) is 17.1 Å². The van der Waals surface area contributed by atoms with E-state index in [9.17, 15) is 14.4 Å². The normalized spacial score (nSPS) is 17.6. The van der Waals surface area contributed by atoms with Gasteiger partial charge in [0.1, 0.15) is 12.6 Å². The predicted molar refractivity (Wildman–Crippen MR) is 122 cm³/mol. The summed E-state index contributed by atoms with van der Waals surface area (Å²) in [6, 6.07) is 12.7. The summed E-state index contributed by atoms with van der Waals surface area (Å²) in [5.41, 5.74) is 3.82. The van der Waals surface area contributed by atoms with Gasteiger partial charge in [0, 0.05) is 31.9 Å². The van der Waals surface area contributed by atoms with Gasteiger partial charge in [0.25, 0.3) is 5.91 Å². The second-order valence-electron chi connectivity index (χ2n) is 8.45. The summed E-state index contributed by atoms with van der Waals surface area (Å²) >= 11 is 0. The maximum atomic E-state index is 13.4. The van der Waals surface area contributed by atoms with Gasteiger partial charge < -0.3 is 15.1 Å². The fraction of sp³-hybridized carbons (Fsp3) is 0.375. The molecule has 162 valence electrons. The number of amides is 3. The van der Waals surface area contributed by atoms with Crippen LogP contribution < -0.4 is 15.1 Å². The van der Waals surface area contributed by atoms with Crippen molar-refractivity contribution < 1.29 is 14.4 Å². The van der Waals surface area contributed by atoms with Crippen LogP contribution in [-0.4, -0.2) is 55.8 Å². The van der Waals surface area contributed by atoms with E-state index in [4.69, 9.17) is 0 Å². The summed E-state index contributed by atoms with van der Waals surface area (Å²) in [5.74, 6) is -0.488. The number of hydrogen-bond acceptors (Lipinski definition) is 4. The molecule has 0 spiro atoms. The molecule has 0 aromatic heterocycles. The smallest absolute Gasteiger partial charge is 0.253 e. The molecular formula is C24H28N4O3. The first-order valence-corrected chi connectivity index (χ1v) is 10.7. The zero-order chi connectivity index (χ0) is 22.1. The minimum Gasteiger partial charge on any atom is -0.358 e. The van der Waals surface area contributed by atoms with E-state index >= 15 is 0 Å². The van der Waals surface area contributed by atoms with Gasteiger partial charge in [-0.3, -0.25) is 19.3 Å². The van der Waals surface area contributed by atoms with Gasteiger partial charge >= 0.3 is 0 Å². The molecule has 7 nitrogen and oxygen atoms in total. The third kappa shape index (κ3) is 4.13. The van der Waals surface area contributed by atoms with Crippen LogP contribution in [0.25, 0.3) is 0 Å². The lowest BCUT2D eigenvalue weighted by Gasteiger charge is -2.45. The number of hydrogen-bond donors (Lipinski definition) is 1. The second kappa shape index (κ2) is 8.41. The molecular weight excluding hydrogens is 392 g/mol. The van der Waals surface area contributed by atoms with Gasteiger partial charge in [-0.05, 0) is 56.5 Å². The molecule has 1 atom stereocenters. The molecule has 1 fully saturated rings. The highest BCUT2D eigenvalue weighted by Gasteiger charge is 2.40. The average molecular weight is 421 g/mol. The zero-order valence-electron chi connectivity index (χ0n) is 18.2. The largest absolute Gasteiger partial charge is 0.358 e. The van der Waals surface area contributed by atoms with Gasteiger partial charge in [-0.1, -0.05) is 17.7 Å². The van der Waals surface area contributed by atoms with Crippen LogP contribution in [0.15, 0.2) is 42.5 Å². The van der Waals surface area contributed by atoms with Crippen LogP contribution in [0, 0.1) is 6.92 Å². The predicted octanol–water partition coefficient (Wildman–Crippen LogP) is 3.04. The van der Waals surface area contributed by atoms with Crippen LogP contribution in [-0.2, 0) is 9.59 Å². The zero-order valence-corrected chi connectivity index (χ0v) is 18.2. The Balaban J connectivity index is 1.66. The van der Waals surface area contributed by atoms with E-state index in [0.29, 0.717) is 16.9 Å². The van der Waals surface area contributed by atoms with Crippen molar-refractivity contribution in [3.8, 4) is 0 Å². The Morgan fingerprint density at radius 1 is 1.06 bits per heavy atom. The van der Waals surface area contributed by atoms with Crippen molar-refractivity contribution in [1.82, 2.24) is 4.90 Å². The topological polar surface area (TPSA) is 73.0 Å². The van der Waals surface area contributed by atoms with E-state index in [-0.39, 0.29) is 30.3 Å². The van der Waals surface area contributed by atoms with Crippen LogP contribution in [0.5, 0.6) is 0 Å². The highest BCUT2D eigenvalue weighted by atomic mass is 16.2. The lowest BCUT2D eigenvalue weighted by molar-refractivity contribution is -0.123. The van der Waals surface area contributed by atoms with Gasteiger partial charge in [0.15, 0.2) is 0 Å². The molecule has 2 heterocycles. The fourth-order valence-electron chi connectivity index (χ4n) is 4.29. The fourth-order valence-corrected chi connectivity index (χ4v) is 4.29. The summed E-state index contributed by atoms with van der Waals surface area (Å²) in [6.07, 6.45) is 2.78. The molecule has 0 unspecified atom stereocenters. The number of anilines is 3. The maximum absolute atomic E-state index is 13.4. The number of piperidine rings is 1. The SMILES string of the molecule is Cc1ccc(NC(=O)CN2C(=O)[C@H]3CCCCN3c3ccc(C(=O)N(C)C)cc32)cc1. The van der Waals surface area contributed by atoms with Gasteiger partial charge in [0.05, 0.1) is 11.4 Å². The number of rotatable bonds is 4. The van der Waals surface area contributed by atoms with Crippen LogP contribution in [0.1, 0.15) is 35.2 Å². The molecule has 31 heavy (non-hydrogen) atoms. The second-order valence-corrected chi connectivity index (χ2v) is 8.45. The van der Waals surface area contributed by atoms with Crippen molar-refractivity contribution in [2.24, 2.45) is 0 Å². The molecule has 1 saturated heterocycles. The first kappa shape index (κ1) is 20.9. The van der Waals surface area contributed by atoms with Crippen molar-refractivity contribution in [3.63, 3.8) is 0 Å². The number of nitrogens with one attached hydrogen (secondary N) is 1. The van der Waals surface area contributed by atoms with Crippen molar-refractivity contribution in [2.45, 2.75) is 32.2 Å². The summed E-state index contributed by atoms with van der Waals surface area (Å²) in [5, 5.41) is 2.87. The molecule has 3 amide bonds. The van der Waals surface area contributed by atoms with Gasteiger partial charge in [0.2, 0.25) is 11.8 Å². The van der Waals surface area contributed by atoms with E-state index in [1.165, 1.54) is 9.80 Å². The van der Waals surface area contributed by atoms with Gasteiger partial charge in [-0.25, -0.2) is 0 Å². The molecule has 0 bridgehead atoms. The van der Waals surface area contributed by atoms with E-state index in [1.807, 2.05) is 37.3 Å². The maximum Gasteiger partial charge on any atom is 0.253 e. The first-order chi connectivity index (χ1) is 14.8. The molecule has 0 radical (unpaired) electrons. The molecule has 2 aliphatic heterocycles. The quantitative estimate of drug-likeness (QED) is 0.825. The van der Waals surface area contributed by atoms with Crippen molar-refractivity contribution in [2.75, 3.05) is 42.3 Å². The molecule has 4 rings (SSSR count). The Labute approximate surface area is 182 Å². The molecule has 1 N–H and O–H groups in total. The minimum absolute atomic E-state index is 0.0827. The Kier molecular flexibility index (Phi) is 5.67. The number of nitrogens with zero attached hydrogens (tertiary/aromatic N) is 3. The Bertz CT molecular complexity index is 1020. The standard InChI is InChI=1S/C24H28N4O3/c1-16-7-10-18(11-8-16)25-22(29)15-28-21-14-17(23(30)26(2)3)9-12-19(21)27-13-5-4-6-20(27)24(28)31/h7-12,14,20H,4-6,13,15H2,1-3H3,(H,25,29)/t20-/m1/s1. The molecule has 2 aromatic carbocycles. The molecule has 0 saturated carbocycles. The summed E-state index contributed by atoms with van der Waals surface area (Å²) in [6.45, 7) is 2.69. The number of carbonyl (C=O) groups is 3. The highest BCUT2D eigenvalue weighted by Crippen LogP contribution is 2.40.